The number of benzene rings is 1. The van der Waals surface area contributed by atoms with E-state index < -0.39 is 10.0 Å². The molecule has 106 valence electrons. The lowest BCUT2D eigenvalue weighted by atomic mass is 10.1. The van der Waals surface area contributed by atoms with E-state index in [9.17, 15) is 8.42 Å². The molecule has 0 atom stereocenters. The summed E-state index contributed by atoms with van der Waals surface area (Å²) in [5.41, 5.74) is 1.79. The van der Waals surface area contributed by atoms with Crippen molar-refractivity contribution in [1.82, 2.24) is 4.72 Å². The smallest absolute Gasteiger partial charge is 0.208 e. The van der Waals surface area contributed by atoms with Crippen molar-refractivity contribution >= 4 is 10.0 Å². The second kappa shape index (κ2) is 6.06. The third-order valence-electron chi connectivity index (χ3n) is 3.81. The van der Waals surface area contributed by atoms with Crippen LogP contribution in [0.4, 0.5) is 0 Å². The van der Waals surface area contributed by atoms with Crippen molar-refractivity contribution in [3.8, 4) is 0 Å². The topological polar surface area (TPSA) is 46.2 Å². The van der Waals surface area contributed by atoms with Crippen molar-refractivity contribution in [2.75, 3.05) is 0 Å². The molecule has 1 aliphatic carbocycles. The van der Waals surface area contributed by atoms with Crippen LogP contribution in [0.5, 0.6) is 0 Å². The van der Waals surface area contributed by atoms with E-state index >= 15 is 0 Å². The summed E-state index contributed by atoms with van der Waals surface area (Å²) in [6.07, 6.45) is 6.62. The first-order valence-corrected chi connectivity index (χ1v) is 8.57. The SMILES string of the molecule is Cc1ccc(C)c(S(=O)(=O)NC2CCCCCC2)c1. The molecule has 0 saturated heterocycles. The highest BCUT2D eigenvalue weighted by atomic mass is 32.2. The summed E-state index contributed by atoms with van der Waals surface area (Å²) < 4.78 is 27.8. The summed E-state index contributed by atoms with van der Waals surface area (Å²) in [7, 11) is -3.38. The van der Waals surface area contributed by atoms with Gasteiger partial charge >= 0.3 is 0 Å². The van der Waals surface area contributed by atoms with E-state index in [1.165, 1.54) is 12.8 Å². The van der Waals surface area contributed by atoms with Crippen molar-refractivity contribution < 1.29 is 8.42 Å². The second-order valence-corrected chi connectivity index (χ2v) is 7.26. The highest BCUT2D eigenvalue weighted by Gasteiger charge is 2.22. The van der Waals surface area contributed by atoms with Crippen LogP contribution in [0.15, 0.2) is 23.1 Å². The van der Waals surface area contributed by atoms with Gasteiger partial charge in [0, 0.05) is 6.04 Å². The Bertz CT molecular complexity index is 529. The van der Waals surface area contributed by atoms with Gasteiger partial charge in [0.15, 0.2) is 0 Å². The van der Waals surface area contributed by atoms with Gasteiger partial charge in [-0.1, -0.05) is 37.8 Å². The number of hydrogen-bond acceptors (Lipinski definition) is 2. The third-order valence-corrected chi connectivity index (χ3v) is 5.47. The predicted octanol–water partition coefficient (Wildman–Crippen LogP) is 3.30. The van der Waals surface area contributed by atoms with Gasteiger partial charge in [-0.3, -0.25) is 0 Å². The van der Waals surface area contributed by atoms with Crippen LogP contribution < -0.4 is 4.72 Å². The molecule has 1 fully saturated rings. The van der Waals surface area contributed by atoms with Gasteiger partial charge < -0.3 is 0 Å². The Morgan fingerprint density at radius 1 is 1.05 bits per heavy atom. The molecule has 1 saturated carbocycles. The fraction of sp³-hybridized carbons (Fsp3) is 0.600. The van der Waals surface area contributed by atoms with Gasteiger partial charge in [-0.05, 0) is 43.9 Å². The number of nitrogens with one attached hydrogen (secondary N) is 1. The van der Waals surface area contributed by atoms with Crippen LogP contribution in [0.2, 0.25) is 0 Å². The van der Waals surface area contributed by atoms with Gasteiger partial charge in [0.1, 0.15) is 0 Å². The zero-order chi connectivity index (χ0) is 13.9. The molecule has 0 radical (unpaired) electrons. The fourth-order valence-corrected chi connectivity index (χ4v) is 4.31. The molecule has 4 heteroatoms. The molecule has 0 unspecified atom stereocenters. The van der Waals surface area contributed by atoms with Crippen molar-refractivity contribution in [2.45, 2.75) is 63.3 Å². The Morgan fingerprint density at radius 3 is 2.32 bits per heavy atom. The molecular formula is C15H23NO2S. The minimum atomic E-state index is -3.38. The molecule has 0 aliphatic heterocycles. The Labute approximate surface area is 116 Å². The molecule has 0 bridgehead atoms. The van der Waals surface area contributed by atoms with Crippen LogP contribution in [0, 0.1) is 13.8 Å². The highest BCUT2D eigenvalue weighted by Crippen LogP contribution is 2.21. The van der Waals surface area contributed by atoms with Crippen molar-refractivity contribution in [2.24, 2.45) is 0 Å². The fourth-order valence-electron chi connectivity index (χ4n) is 2.68. The van der Waals surface area contributed by atoms with E-state index in [0.29, 0.717) is 4.90 Å². The lowest BCUT2D eigenvalue weighted by molar-refractivity contribution is 0.509. The number of sulfonamides is 1. The van der Waals surface area contributed by atoms with Crippen LogP contribution >= 0.6 is 0 Å². The van der Waals surface area contributed by atoms with E-state index in [-0.39, 0.29) is 6.04 Å². The van der Waals surface area contributed by atoms with Gasteiger partial charge in [0.25, 0.3) is 0 Å². The maximum atomic E-state index is 12.5. The van der Waals surface area contributed by atoms with Crippen LogP contribution in [0.25, 0.3) is 0 Å². The van der Waals surface area contributed by atoms with Crippen LogP contribution in [0.1, 0.15) is 49.7 Å². The second-order valence-electron chi connectivity index (χ2n) is 5.58. The van der Waals surface area contributed by atoms with Gasteiger partial charge in [-0.2, -0.15) is 0 Å². The predicted molar refractivity (Wildman–Crippen MR) is 77.7 cm³/mol. The van der Waals surface area contributed by atoms with Crippen molar-refractivity contribution in [3.05, 3.63) is 29.3 Å². The third kappa shape index (κ3) is 3.80. The van der Waals surface area contributed by atoms with Crippen LogP contribution in [0.3, 0.4) is 0 Å². The van der Waals surface area contributed by atoms with Crippen molar-refractivity contribution in [3.63, 3.8) is 0 Å². The van der Waals surface area contributed by atoms with Gasteiger partial charge in [-0.25, -0.2) is 13.1 Å². The largest absolute Gasteiger partial charge is 0.241 e. The molecule has 0 spiro atoms. The van der Waals surface area contributed by atoms with Gasteiger partial charge in [0.2, 0.25) is 10.0 Å². The van der Waals surface area contributed by atoms with Crippen LogP contribution in [-0.2, 0) is 10.0 Å². The van der Waals surface area contributed by atoms with Gasteiger partial charge in [0.05, 0.1) is 4.90 Å². The van der Waals surface area contributed by atoms with Crippen LogP contribution in [-0.4, -0.2) is 14.5 Å². The van der Waals surface area contributed by atoms with E-state index in [2.05, 4.69) is 4.72 Å². The molecule has 1 N–H and O–H groups in total. The molecule has 1 aliphatic rings. The van der Waals surface area contributed by atoms with Crippen molar-refractivity contribution in [1.29, 1.82) is 0 Å². The molecule has 3 nitrogen and oxygen atoms in total. The first-order valence-electron chi connectivity index (χ1n) is 7.08. The zero-order valence-corrected chi connectivity index (χ0v) is 12.6. The molecule has 1 aromatic rings. The number of hydrogen-bond donors (Lipinski definition) is 1. The summed E-state index contributed by atoms with van der Waals surface area (Å²) in [6, 6.07) is 5.68. The standard InChI is InChI=1S/C15H23NO2S/c1-12-9-10-13(2)15(11-12)19(17,18)16-14-7-5-3-4-6-8-14/h9-11,14,16H,3-8H2,1-2H3. The Kier molecular flexibility index (Phi) is 4.63. The van der Waals surface area contributed by atoms with E-state index in [1.54, 1.807) is 6.07 Å². The lowest BCUT2D eigenvalue weighted by Crippen LogP contribution is -2.34. The monoisotopic (exact) mass is 281 g/mol. The van der Waals surface area contributed by atoms with E-state index in [1.807, 2.05) is 26.0 Å². The molecule has 0 aromatic heterocycles. The molecular weight excluding hydrogens is 258 g/mol. The normalized spacial score (nSPS) is 18.2. The van der Waals surface area contributed by atoms with E-state index in [4.69, 9.17) is 0 Å². The summed E-state index contributed by atoms with van der Waals surface area (Å²) in [5.74, 6) is 0. The Morgan fingerprint density at radius 2 is 1.68 bits per heavy atom. The average molecular weight is 281 g/mol. The molecule has 0 heterocycles. The summed E-state index contributed by atoms with van der Waals surface area (Å²) in [6.45, 7) is 3.77. The summed E-state index contributed by atoms with van der Waals surface area (Å²) in [5, 5.41) is 0. The Hall–Kier alpha value is -0.870. The quantitative estimate of drug-likeness (QED) is 0.864. The number of rotatable bonds is 3. The first-order chi connectivity index (χ1) is 8.99. The highest BCUT2D eigenvalue weighted by molar-refractivity contribution is 7.89. The first kappa shape index (κ1) is 14.5. The lowest BCUT2D eigenvalue weighted by Gasteiger charge is -2.17. The number of aryl methyl sites for hydroxylation is 2. The Balaban J connectivity index is 2.19. The maximum absolute atomic E-state index is 12.5. The minimum absolute atomic E-state index is 0.104. The minimum Gasteiger partial charge on any atom is -0.208 e. The average Bonchev–Trinajstić information content (AvgIpc) is 2.60. The zero-order valence-electron chi connectivity index (χ0n) is 11.8. The summed E-state index contributed by atoms with van der Waals surface area (Å²) >= 11 is 0. The van der Waals surface area contributed by atoms with E-state index in [0.717, 1.165) is 36.8 Å². The molecule has 1 aromatic carbocycles. The molecule has 19 heavy (non-hydrogen) atoms. The molecule has 0 amide bonds. The summed E-state index contributed by atoms with van der Waals surface area (Å²) in [4.78, 5) is 0.428. The molecule has 2 rings (SSSR count). The maximum Gasteiger partial charge on any atom is 0.241 e. The van der Waals surface area contributed by atoms with Gasteiger partial charge in [-0.15, -0.1) is 0 Å².